The predicted octanol–water partition coefficient (Wildman–Crippen LogP) is 2.63. The number of thioether (sulfide) groups is 1. The molecule has 2 rings (SSSR count). The highest BCUT2D eigenvalue weighted by Gasteiger charge is 2.24. The van der Waals surface area contributed by atoms with Gasteiger partial charge in [-0.05, 0) is 31.9 Å². The molecule has 0 unspecified atom stereocenters. The summed E-state index contributed by atoms with van der Waals surface area (Å²) in [5.74, 6) is 2.28. The van der Waals surface area contributed by atoms with E-state index in [1.54, 1.807) is 0 Å². The Kier molecular flexibility index (Phi) is 5.28. The average Bonchev–Trinajstić information content (AvgIpc) is 2.88. The molecule has 1 N–H and O–H groups in total. The normalized spacial score (nSPS) is 15.5. The van der Waals surface area contributed by atoms with Gasteiger partial charge in [0.15, 0.2) is 0 Å². The van der Waals surface area contributed by atoms with E-state index in [1.165, 1.54) is 31.5 Å². The first-order valence-corrected chi connectivity index (χ1v) is 8.64. The quantitative estimate of drug-likeness (QED) is 0.835. The van der Waals surface area contributed by atoms with Gasteiger partial charge in [-0.3, -0.25) is 0 Å². The smallest absolute Gasteiger partial charge is 0.147 e. The summed E-state index contributed by atoms with van der Waals surface area (Å²) in [6, 6.07) is 0. The van der Waals surface area contributed by atoms with Crippen LogP contribution in [0.4, 0.5) is 0 Å². The molecule has 1 aromatic heterocycles. The van der Waals surface area contributed by atoms with Gasteiger partial charge in [-0.1, -0.05) is 13.8 Å². The average molecular weight is 282 g/mol. The summed E-state index contributed by atoms with van der Waals surface area (Å²) < 4.78 is 2.67. The molecule has 0 radical (unpaired) electrons. The lowest BCUT2D eigenvalue weighted by atomic mass is 10.0. The van der Waals surface area contributed by atoms with Gasteiger partial charge in [0.2, 0.25) is 0 Å². The molecule has 1 aromatic rings. The topological polar surface area (TPSA) is 42.7 Å². The van der Waals surface area contributed by atoms with Gasteiger partial charge in [-0.25, -0.2) is 0 Å². The van der Waals surface area contributed by atoms with E-state index >= 15 is 0 Å². The summed E-state index contributed by atoms with van der Waals surface area (Å²) in [6.07, 6.45) is 8.23. The first kappa shape index (κ1) is 14.9. The highest BCUT2D eigenvalue weighted by molar-refractivity contribution is 8.00. The summed E-state index contributed by atoms with van der Waals surface area (Å²) in [5.41, 5.74) is 0. The van der Waals surface area contributed by atoms with Crippen molar-refractivity contribution in [3.63, 3.8) is 0 Å². The van der Waals surface area contributed by atoms with Crippen LogP contribution < -0.4 is 5.32 Å². The number of aryl methyl sites for hydroxylation is 1. The third-order valence-electron chi connectivity index (χ3n) is 4.39. The Morgan fingerprint density at radius 2 is 2.05 bits per heavy atom. The van der Waals surface area contributed by atoms with Crippen molar-refractivity contribution in [2.24, 2.45) is 0 Å². The SMILES string of the molecule is CCC(CC)(CNCc1nnc2n1CCCC2)SC. The Morgan fingerprint density at radius 3 is 2.74 bits per heavy atom. The summed E-state index contributed by atoms with van der Waals surface area (Å²) >= 11 is 1.98. The molecule has 108 valence electrons. The first-order chi connectivity index (χ1) is 9.24. The zero-order chi connectivity index (χ0) is 13.7. The van der Waals surface area contributed by atoms with Crippen molar-refractivity contribution in [1.29, 1.82) is 0 Å². The van der Waals surface area contributed by atoms with Crippen LogP contribution >= 0.6 is 11.8 Å². The molecule has 1 aliphatic rings. The van der Waals surface area contributed by atoms with E-state index in [1.807, 2.05) is 11.8 Å². The number of fused-ring (bicyclic) bond motifs is 1. The molecule has 2 heterocycles. The second kappa shape index (κ2) is 6.75. The standard InChI is InChI=1S/C14H26N4S/c1-4-14(5-2,19-3)11-15-10-13-17-16-12-8-6-7-9-18(12)13/h15H,4-11H2,1-3H3. The van der Waals surface area contributed by atoms with Crippen LogP contribution in [0.2, 0.25) is 0 Å². The number of nitrogens with one attached hydrogen (secondary N) is 1. The Morgan fingerprint density at radius 1 is 1.26 bits per heavy atom. The first-order valence-electron chi connectivity index (χ1n) is 7.41. The highest BCUT2D eigenvalue weighted by Crippen LogP contribution is 2.29. The molecule has 0 amide bonds. The fourth-order valence-corrected chi connectivity index (χ4v) is 3.59. The van der Waals surface area contributed by atoms with Gasteiger partial charge in [0.05, 0.1) is 6.54 Å². The molecule has 0 aromatic carbocycles. The van der Waals surface area contributed by atoms with Crippen LogP contribution in [0.3, 0.4) is 0 Å². The minimum Gasteiger partial charge on any atom is -0.314 e. The van der Waals surface area contributed by atoms with Crippen molar-refractivity contribution in [2.75, 3.05) is 12.8 Å². The lowest BCUT2D eigenvalue weighted by molar-refractivity contribution is 0.467. The number of hydrogen-bond donors (Lipinski definition) is 1. The Balaban J connectivity index is 1.90. The van der Waals surface area contributed by atoms with E-state index in [0.717, 1.165) is 31.9 Å². The van der Waals surface area contributed by atoms with Crippen LogP contribution in [0.15, 0.2) is 0 Å². The summed E-state index contributed by atoms with van der Waals surface area (Å²) in [6.45, 7) is 7.54. The Bertz CT molecular complexity index is 390. The lowest BCUT2D eigenvalue weighted by Crippen LogP contribution is -2.36. The molecule has 0 saturated carbocycles. The second-order valence-corrected chi connectivity index (χ2v) is 6.61. The molecule has 0 spiro atoms. The minimum atomic E-state index is 0.366. The third-order valence-corrected chi connectivity index (χ3v) is 5.98. The molecule has 0 atom stereocenters. The van der Waals surface area contributed by atoms with Gasteiger partial charge in [-0.15, -0.1) is 10.2 Å². The molecule has 0 bridgehead atoms. The number of rotatable bonds is 7. The predicted molar refractivity (Wildman–Crippen MR) is 81.5 cm³/mol. The highest BCUT2D eigenvalue weighted by atomic mass is 32.2. The fraction of sp³-hybridized carbons (Fsp3) is 0.857. The molecule has 4 nitrogen and oxygen atoms in total. The fourth-order valence-electron chi connectivity index (χ4n) is 2.76. The molecular formula is C14H26N4S. The van der Waals surface area contributed by atoms with Crippen molar-refractivity contribution >= 4 is 11.8 Å². The maximum atomic E-state index is 4.34. The van der Waals surface area contributed by atoms with Crippen LogP contribution in [0.1, 0.15) is 51.2 Å². The Labute approximate surface area is 120 Å². The summed E-state index contributed by atoms with van der Waals surface area (Å²) in [5, 5.41) is 12.2. The van der Waals surface area contributed by atoms with Gasteiger partial charge in [0, 0.05) is 24.3 Å². The van der Waals surface area contributed by atoms with E-state index in [-0.39, 0.29) is 0 Å². The lowest BCUT2D eigenvalue weighted by Gasteiger charge is -2.30. The summed E-state index contributed by atoms with van der Waals surface area (Å²) in [7, 11) is 0. The number of nitrogens with zero attached hydrogens (tertiary/aromatic N) is 3. The van der Waals surface area contributed by atoms with Crippen molar-refractivity contribution in [3.8, 4) is 0 Å². The van der Waals surface area contributed by atoms with Gasteiger partial charge in [0.1, 0.15) is 11.6 Å². The minimum absolute atomic E-state index is 0.366. The maximum absolute atomic E-state index is 4.34. The van der Waals surface area contributed by atoms with E-state index in [4.69, 9.17) is 0 Å². The molecule has 5 heteroatoms. The zero-order valence-electron chi connectivity index (χ0n) is 12.4. The Hall–Kier alpha value is -0.550. The maximum Gasteiger partial charge on any atom is 0.147 e. The largest absolute Gasteiger partial charge is 0.314 e. The van der Waals surface area contributed by atoms with E-state index < -0.39 is 0 Å². The third kappa shape index (κ3) is 3.31. The molecule has 19 heavy (non-hydrogen) atoms. The van der Waals surface area contributed by atoms with Crippen LogP contribution in [0.5, 0.6) is 0 Å². The van der Waals surface area contributed by atoms with Crippen LogP contribution in [0.25, 0.3) is 0 Å². The molecule has 0 fully saturated rings. The van der Waals surface area contributed by atoms with E-state index in [0.29, 0.717) is 4.75 Å². The monoisotopic (exact) mass is 282 g/mol. The van der Waals surface area contributed by atoms with Crippen molar-refractivity contribution in [1.82, 2.24) is 20.1 Å². The van der Waals surface area contributed by atoms with Crippen LogP contribution in [-0.4, -0.2) is 32.3 Å². The molecular weight excluding hydrogens is 256 g/mol. The van der Waals surface area contributed by atoms with Crippen molar-refractivity contribution < 1.29 is 0 Å². The van der Waals surface area contributed by atoms with Gasteiger partial charge in [0.25, 0.3) is 0 Å². The summed E-state index contributed by atoms with van der Waals surface area (Å²) in [4.78, 5) is 0. The van der Waals surface area contributed by atoms with Crippen LogP contribution in [-0.2, 0) is 19.5 Å². The molecule has 1 aliphatic heterocycles. The van der Waals surface area contributed by atoms with Crippen molar-refractivity contribution in [2.45, 2.75) is 63.8 Å². The van der Waals surface area contributed by atoms with E-state index in [9.17, 15) is 0 Å². The molecule has 0 saturated heterocycles. The number of aromatic nitrogens is 3. The zero-order valence-corrected chi connectivity index (χ0v) is 13.2. The molecule has 0 aliphatic carbocycles. The van der Waals surface area contributed by atoms with Gasteiger partial charge in [-0.2, -0.15) is 11.8 Å². The van der Waals surface area contributed by atoms with Crippen molar-refractivity contribution in [3.05, 3.63) is 11.6 Å². The second-order valence-electron chi connectivity index (χ2n) is 5.34. The van der Waals surface area contributed by atoms with Gasteiger partial charge >= 0.3 is 0 Å². The van der Waals surface area contributed by atoms with Gasteiger partial charge < -0.3 is 9.88 Å². The van der Waals surface area contributed by atoms with E-state index in [2.05, 4.69) is 40.2 Å². The number of hydrogen-bond acceptors (Lipinski definition) is 4. The van der Waals surface area contributed by atoms with Crippen LogP contribution in [0, 0.1) is 0 Å².